The highest BCUT2D eigenvalue weighted by Crippen LogP contribution is 2.12. The molecule has 7 heteroatoms. The third-order valence-corrected chi connectivity index (χ3v) is 4.73. The van der Waals surface area contributed by atoms with E-state index in [9.17, 15) is 13.2 Å². The third-order valence-electron chi connectivity index (χ3n) is 3.43. The second kappa shape index (κ2) is 6.31. The number of H-pyrrole nitrogens is 1. The van der Waals surface area contributed by atoms with Gasteiger partial charge in [-0.3, -0.25) is 4.79 Å². The maximum atomic E-state index is 12.2. The lowest BCUT2D eigenvalue weighted by molar-refractivity contribution is 0.579. The van der Waals surface area contributed by atoms with Crippen LogP contribution < -0.4 is 10.3 Å². The standard InChI is InChI=1S/C16H15N3O3S/c20-16-14-9-5-4-8-13(14)15(18-19-16)10-17-23(21,22)11-12-6-2-1-3-7-12/h1-9,17H,10-11H2,(H,19,20). The maximum Gasteiger partial charge on any atom is 0.272 e. The minimum Gasteiger partial charge on any atom is -0.267 e. The number of fused-ring (bicyclic) bond motifs is 1. The van der Waals surface area contributed by atoms with Gasteiger partial charge in [0.05, 0.1) is 23.4 Å². The van der Waals surface area contributed by atoms with E-state index in [-0.39, 0.29) is 17.9 Å². The number of sulfonamides is 1. The molecule has 0 saturated carbocycles. The van der Waals surface area contributed by atoms with Gasteiger partial charge in [-0.25, -0.2) is 18.2 Å². The lowest BCUT2D eigenvalue weighted by Crippen LogP contribution is -2.26. The molecule has 3 aromatic rings. The fourth-order valence-corrected chi connectivity index (χ4v) is 3.42. The third kappa shape index (κ3) is 3.64. The van der Waals surface area contributed by atoms with Gasteiger partial charge in [0.2, 0.25) is 10.0 Å². The Labute approximate surface area is 133 Å². The summed E-state index contributed by atoms with van der Waals surface area (Å²) in [6.45, 7) is 0.0203. The van der Waals surface area contributed by atoms with Crippen LogP contribution in [0, 0.1) is 0 Å². The van der Waals surface area contributed by atoms with Crippen LogP contribution in [-0.4, -0.2) is 18.6 Å². The summed E-state index contributed by atoms with van der Waals surface area (Å²) in [7, 11) is -3.49. The minimum absolute atomic E-state index is 0.0203. The molecule has 0 saturated heterocycles. The lowest BCUT2D eigenvalue weighted by atomic mass is 10.1. The van der Waals surface area contributed by atoms with E-state index < -0.39 is 10.0 Å². The Kier molecular flexibility index (Phi) is 4.22. The van der Waals surface area contributed by atoms with Crippen molar-refractivity contribution >= 4 is 20.8 Å². The molecule has 0 unspecified atom stereocenters. The summed E-state index contributed by atoms with van der Waals surface area (Å²) in [5.74, 6) is -0.102. The Morgan fingerprint density at radius 1 is 0.957 bits per heavy atom. The number of benzene rings is 2. The zero-order valence-electron chi connectivity index (χ0n) is 12.2. The molecule has 23 heavy (non-hydrogen) atoms. The van der Waals surface area contributed by atoms with Crippen LogP contribution in [-0.2, 0) is 22.3 Å². The zero-order valence-corrected chi connectivity index (χ0v) is 13.0. The molecule has 1 heterocycles. The molecule has 1 aromatic heterocycles. The summed E-state index contributed by atoms with van der Waals surface area (Å²) in [5, 5.41) is 7.46. The Morgan fingerprint density at radius 3 is 2.35 bits per heavy atom. The van der Waals surface area contributed by atoms with Gasteiger partial charge in [0.1, 0.15) is 0 Å². The molecule has 118 valence electrons. The van der Waals surface area contributed by atoms with E-state index in [1.165, 1.54) is 0 Å². The first-order chi connectivity index (χ1) is 11.1. The number of nitrogens with zero attached hydrogens (tertiary/aromatic N) is 1. The van der Waals surface area contributed by atoms with Crippen LogP contribution in [0.25, 0.3) is 10.8 Å². The van der Waals surface area contributed by atoms with Crippen molar-refractivity contribution in [2.24, 2.45) is 0 Å². The number of aromatic amines is 1. The average molecular weight is 329 g/mol. The number of nitrogens with one attached hydrogen (secondary N) is 2. The van der Waals surface area contributed by atoms with Crippen LogP contribution >= 0.6 is 0 Å². The number of rotatable bonds is 5. The highest BCUT2D eigenvalue weighted by Gasteiger charge is 2.13. The predicted octanol–water partition coefficient (Wildman–Crippen LogP) is 1.54. The molecule has 0 aliphatic carbocycles. The average Bonchev–Trinajstić information content (AvgIpc) is 2.55. The minimum atomic E-state index is -3.49. The second-order valence-corrected chi connectivity index (χ2v) is 6.92. The quantitative estimate of drug-likeness (QED) is 0.743. The van der Waals surface area contributed by atoms with Gasteiger partial charge in [-0.1, -0.05) is 48.5 Å². The van der Waals surface area contributed by atoms with E-state index in [0.29, 0.717) is 22.0 Å². The van der Waals surface area contributed by atoms with E-state index in [2.05, 4.69) is 14.9 Å². The first-order valence-corrected chi connectivity index (χ1v) is 8.68. The molecule has 2 N–H and O–H groups in total. The Balaban J connectivity index is 1.81. The summed E-state index contributed by atoms with van der Waals surface area (Å²) < 4.78 is 26.9. The predicted molar refractivity (Wildman–Crippen MR) is 88.3 cm³/mol. The molecule has 3 rings (SSSR count). The van der Waals surface area contributed by atoms with E-state index in [0.717, 1.165) is 0 Å². The fourth-order valence-electron chi connectivity index (χ4n) is 2.33. The van der Waals surface area contributed by atoms with Crippen LogP contribution in [0.15, 0.2) is 59.4 Å². The van der Waals surface area contributed by atoms with Crippen LogP contribution in [0.1, 0.15) is 11.3 Å². The van der Waals surface area contributed by atoms with Crippen molar-refractivity contribution < 1.29 is 8.42 Å². The van der Waals surface area contributed by atoms with Crippen molar-refractivity contribution in [3.05, 3.63) is 76.2 Å². The van der Waals surface area contributed by atoms with Gasteiger partial charge in [0.25, 0.3) is 5.56 Å². The highest BCUT2D eigenvalue weighted by molar-refractivity contribution is 7.88. The van der Waals surface area contributed by atoms with Crippen LogP contribution in [0.2, 0.25) is 0 Å². The summed E-state index contributed by atoms with van der Waals surface area (Å²) in [6, 6.07) is 15.9. The van der Waals surface area contributed by atoms with Crippen molar-refractivity contribution in [1.82, 2.24) is 14.9 Å². The molecule has 0 radical (unpaired) electrons. The molecule has 0 bridgehead atoms. The van der Waals surface area contributed by atoms with E-state index in [1.807, 2.05) is 6.07 Å². The number of hydrogen-bond donors (Lipinski definition) is 2. The molecule has 6 nitrogen and oxygen atoms in total. The molecule has 0 fully saturated rings. The van der Waals surface area contributed by atoms with Crippen molar-refractivity contribution in [1.29, 1.82) is 0 Å². The number of aromatic nitrogens is 2. The largest absolute Gasteiger partial charge is 0.272 e. The molecular weight excluding hydrogens is 314 g/mol. The van der Waals surface area contributed by atoms with Crippen molar-refractivity contribution in [2.45, 2.75) is 12.3 Å². The van der Waals surface area contributed by atoms with Gasteiger partial charge in [-0.15, -0.1) is 0 Å². The van der Waals surface area contributed by atoms with Crippen molar-refractivity contribution in [2.75, 3.05) is 0 Å². The van der Waals surface area contributed by atoms with Gasteiger partial charge >= 0.3 is 0 Å². The fraction of sp³-hybridized carbons (Fsp3) is 0.125. The zero-order chi connectivity index (χ0) is 16.3. The van der Waals surface area contributed by atoms with Crippen LogP contribution in [0.3, 0.4) is 0 Å². The summed E-state index contributed by atoms with van der Waals surface area (Å²) in [5.41, 5.74) is 0.896. The second-order valence-electron chi connectivity index (χ2n) is 5.11. The summed E-state index contributed by atoms with van der Waals surface area (Å²) >= 11 is 0. The van der Waals surface area contributed by atoms with Gasteiger partial charge in [-0.2, -0.15) is 5.10 Å². The topological polar surface area (TPSA) is 91.9 Å². The normalized spacial score (nSPS) is 11.7. The molecule has 0 aliphatic heterocycles. The summed E-state index contributed by atoms with van der Waals surface area (Å²) in [6.07, 6.45) is 0. The highest BCUT2D eigenvalue weighted by atomic mass is 32.2. The molecule has 0 spiro atoms. The Hall–Kier alpha value is -2.51. The van der Waals surface area contributed by atoms with Gasteiger partial charge < -0.3 is 0 Å². The van der Waals surface area contributed by atoms with Crippen molar-refractivity contribution in [3.8, 4) is 0 Å². The van der Waals surface area contributed by atoms with Gasteiger partial charge in [0, 0.05) is 5.39 Å². The first kappa shape index (κ1) is 15.4. The number of hydrogen-bond acceptors (Lipinski definition) is 4. The van der Waals surface area contributed by atoms with Crippen LogP contribution in [0.5, 0.6) is 0 Å². The lowest BCUT2D eigenvalue weighted by Gasteiger charge is -2.08. The van der Waals surface area contributed by atoms with E-state index in [4.69, 9.17) is 0 Å². The van der Waals surface area contributed by atoms with E-state index >= 15 is 0 Å². The SMILES string of the molecule is O=c1[nH]nc(CNS(=O)(=O)Cc2ccccc2)c2ccccc12. The molecule has 2 aromatic carbocycles. The Bertz CT molecular complexity index is 982. The molecular formula is C16H15N3O3S. The van der Waals surface area contributed by atoms with Crippen LogP contribution in [0.4, 0.5) is 0 Å². The van der Waals surface area contributed by atoms with E-state index in [1.54, 1.807) is 48.5 Å². The molecule has 0 amide bonds. The Morgan fingerprint density at radius 2 is 1.61 bits per heavy atom. The maximum absolute atomic E-state index is 12.2. The molecule has 0 aliphatic rings. The monoisotopic (exact) mass is 329 g/mol. The van der Waals surface area contributed by atoms with Crippen molar-refractivity contribution in [3.63, 3.8) is 0 Å². The summed E-state index contributed by atoms with van der Waals surface area (Å²) in [4.78, 5) is 11.7. The smallest absolute Gasteiger partial charge is 0.267 e. The first-order valence-electron chi connectivity index (χ1n) is 7.03. The molecule has 0 atom stereocenters. The van der Waals surface area contributed by atoms with Gasteiger partial charge in [-0.05, 0) is 11.6 Å². The van der Waals surface area contributed by atoms with Gasteiger partial charge in [0.15, 0.2) is 0 Å².